The second-order valence-corrected chi connectivity index (χ2v) is 5.52. The van der Waals surface area contributed by atoms with Crippen LogP contribution in [0.4, 0.5) is 0 Å². The van der Waals surface area contributed by atoms with Gasteiger partial charge < -0.3 is 10.4 Å². The van der Waals surface area contributed by atoms with Crippen LogP contribution in [-0.4, -0.2) is 11.7 Å². The number of hydrogen-bond donors (Lipinski definition) is 2. The minimum atomic E-state index is -0.601. The largest absolute Gasteiger partial charge is 0.387 e. The van der Waals surface area contributed by atoms with E-state index >= 15 is 0 Å². The number of aliphatic hydroxyl groups excluding tert-OH is 1. The zero-order valence-electron chi connectivity index (χ0n) is 10.3. The molecule has 2 N–H and O–H groups in total. The van der Waals surface area contributed by atoms with Crippen molar-refractivity contribution in [3.05, 3.63) is 69.2 Å². The molecule has 4 heteroatoms. The Kier molecular flexibility index (Phi) is 5.40. The van der Waals surface area contributed by atoms with E-state index in [1.54, 1.807) is 6.07 Å². The summed E-state index contributed by atoms with van der Waals surface area (Å²) >= 11 is 9.54. The van der Waals surface area contributed by atoms with Gasteiger partial charge in [-0.1, -0.05) is 63.9 Å². The van der Waals surface area contributed by atoms with Crippen LogP contribution in [0.1, 0.15) is 17.2 Å². The average Bonchev–Trinajstić information content (AvgIpc) is 2.41. The van der Waals surface area contributed by atoms with Gasteiger partial charge in [0.1, 0.15) is 0 Å². The lowest BCUT2D eigenvalue weighted by Gasteiger charge is -2.14. The standard InChI is InChI=1S/C15H15BrClNO/c16-13-7-3-1-5-11(13)9-18-10-15(19)12-6-2-4-8-14(12)17/h1-8,15,18-19H,9-10H2. The molecule has 0 amide bonds. The molecule has 1 atom stereocenters. The molecule has 2 aromatic carbocycles. The fourth-order valence-corrected chi connectivity index (χ4v) is 2.53. The van der Waals surface area contributed by atoms with Crippen molar-refractivity contribution in [2.45, 2.75) is 12.6 Å². The molecule has 0 saturated carbocycles. The average molecular weight is 341 g/mol. The maximum atomic E-state index is 10.1. The number of rotatable bonds is 5. The molecule has 0 saturated heterocycles. The predicted octanol–water partition coefficient (Wildman–Crippen LogP) is 3.93. The van der Waals surface area contributed by atoms with Crippen LogP contribution in [0.5, 0.6) is 0 Å². The van der Waals surface area contributed by atoms with Crippen molar-refractivity contribution in [2.24, 2.45) is 0 Å². The van der Waals surface area contributed by atoms with Crippen molar-refractivity contribution in [1.82, 2.24) is 5.32 Å². The molecule has 2 aromatic rings. The van der Waals surface area contributed by atoms with Crippen LogP contribution in [0.2, 0.25) is 5.02 Å². The third-order valence-corrected chi connectivity index (χ3v) is 3.99. The van der Waals surface area contributed by atoms with Crippen molar-refractivity contribution in [2.75, 3.05) is 6.54 Å². The van der Waals surface area contributed by atoms with Gasteiger partial charge in [0.15, 0.2) is 0 Å². The summed E-state index contributed by atoms with van der Waals surface area (Å²) in [6.45, 7) is 1.16. The number of hydrogen-bond acceptors (Lipinski definition) is 2. The Bertz CT molecular complexity index is 547. The monoisotopic (exact) mass is 339 g/mol. The van der Waals surface area contributed by atoms with Gasteiger partial charge in [-0.05, 0) is 17.7 Å². The van der Waals surface area contributed by atoms with Crippen LogP contribution in [0.15, 0.2) is 53.0 Å². The summed E-state index contributed by atoms with van der Waals surface area (Å²) in [5.41, 5.74) is 1.91. The summed E-state index contributed by atoms with van der Waals surface area (Å²) in [4.78, 5) is 0. The van der Waals surface area contributed by atoms with Gasteiger partial charge in [0.25, 0.3) is 0 Å². The van der Waals surface area contributed by atoms with E-state index in [4.69, 9.17) is 11.6 Å². The molecule has 0 aliphatic heterocycles. The number of halogens is 2. The lowest BCUT2D eigenvalue weighted by Crippen LogP contribution is -2.21. The summed E-state index contributed by atoms with van der Waals surface area (Å²) in [5.74, 6) is 0. The van der Waals surface area contributed by atoms with Crippen molar-refractivity contribution < 1.29 is 5.11 Å². The molecule has 0 aromatic heterocycles. The van der Waals surface area contributed by atoms with E-state index in [2.05, 4.69) is 21.2 Å². The molecule has 1 unspecified atom stereocenters. The lowest BCUT2D eigenvalue weighted by atomic mass is 10.1. The zero-order chi connectivity index (χ0) is 13.7. The second kappa shape index (κ2) is 7.06. The maximum absolute atomic E-state index is 10.1. The fourth-order valence-electron chi connectivity index (χ4n) is 1.84. The van der Waals surface area contributed by atoms with Gasteiger partial charge in [0, 0.05) is 28.1 Å². The fraction of sp³-hybridized carbons (Fsp3) is 0.200. The molecule has 100 valence electrons. The zero-order valence-corrected chi connectivity index (χ0v) is 12.7. The molecule has 0 spiro atoms. The van der Waals surface area contributed by atoms with Gasteiger partial charge in [-0.3, -0.25) is 0 Å². The normalized spacial score (nSPS) is 12.4. The first-order chi connectivity index (χ1) is 9.18. The van der Waals surface area contributed by atoms with Crippen LogP contribution < -0.4 is 5.32 Å². The highest BCUT2D eigenvalue weighted by Gasteiger charge is 2.10. The topological polar surface area (TPSA) is 32.3 Å². The smallest absolute Gasteiger partial charge is 0.0928 e. The molecule has 0 fully saturated rings. The molecular formula is C15H15BrClNO. The first-order valence-electron chi connectivity index (χ1n) is 6.05. The Hall–Kier alpha value is -0.870. The first-order valence-corrected chi connectivity index (χ1v) is 7.22. The van der Waals surface area contributed by atoms with E-state index in [0.717, 1.165) is 15.6 Å². The highest BCUT2D eigenvalue weighted by atomic mass is 79.9. The van der Waals surface area contributed by atoms with E-state index in [1.165, 1.54) is 0 Å². The molecule has 2 nitrogen and oxygen atoms in total. The summed E-state index contributed by atoms with van der Waals surface area (Å²) in [7, 11) is 0. The van der Waals surface area contributed by atoms with Crippen LogP contribution in [-0.2, 0) is 6.54 Å². The van der Waals surface area contributed by atoms with Gasteiger partial charge in [-0.2, -0.15) is 0 Å². The minimum absolute atomic E-state index is 0.463. The minimum Gasteiger partial charge on any atom is -0.387 e. The van der Waals surface area contributed by atoms with Crippen molar-refractivity contribution in [3.63, 3.8) is 0 Å². The Morgan fingerprint density at radius 3 is 2.53 bits per heavy atom. The van der Waals surface area contributed by atoms with Gasteiger partial charge in [0.05, 0.1) is 6.10 Å². The SMILES string of the molecule is OC(CNCc1ccccc1Br)c1ccccc1Cl. The molecule has 0 radical (unpaired) electrons. The summed E-state index contributed by atoms with van der Waals surface area (Å²) < 4.78 is 1.06. The van der Waals surface area contributed by atoms with Crippen LogP contribution in [0, 0.1) is 0 Å². The van der Waals surface area contributed by atoms with E-state index in [0.29, 0.717) is 18.1 Å². The van der Waals surface area contributed by atoms with Gasteiger partial charge in [0.2, 0.25) is 0 Å². The summed E-state index contributed by atoms with van der Waals surface area (Å²) in [6, 6.07) is 15.4. The van der Waals surface area contributed by atoms with E-state index < -0.39 is 6.10 Å². The Balaban J connectivity index is 1.90. The molecule has 0 aliphatic rings. The van der Waals surface area contributed by atoms with Crippen molar-refractivity contribution in [3.8, 4) is 0 Å². The van der Waals surface area contributed by atoms with Gasteiger partial charge in [-0.25, -0.2) is 0 Å². The van der Waals surface area contributed by atoms with E-state index in [9.17, 15) is 5.11 Å². The van der Waals surface area contributed by atoms with Crippen LogP contribution in [0.3, 0.4) is 0 Å². The maximum Gasteiger partial charge on any atom is 0.0928 e. The van der Waals surface area contributed by atoms with Gasteiger partial charge in [-0.15, -0.1) is 0 Å². The third-order valence-electron chi connectivity index (χ3n) is 2.88. The second-order valence-electron chi connectivity index (χ2n) is 4.26. The highest BCUT2D eigenvalue weighted by molar-refractivity contribution is 9.10. The highest BCUT2D eigenvalue weighted by Crippen LogP contribution is 2.22. The Morgan fingerprint density at radius 2 is 1.79 bits per heavy atom. The van der Waals surface area contributed by atoms with Crippen LogP contribution in [0.25, 0.3) is 0 Å². The predicted molar refractivity (Wildman–Crippen MR) is 82.3 cm³/mol. The number of nitrogens with one attached hydrogen (secondary N) is 1. The quantitative estimate of drug-likeness (QED) is 0.864. The molecule has 0 bridgehead atoms. The molecular weight excluding hydrogens is 326 g/mol. The van der Waals surface area contributed by atoms with Gasteiger partial charge >= 0.3 is 0 Å². The van der Waals surface area contributed by atoms with E-state index in [1.807, 2.05) is 42.5 Å². The molecule has 0 aliphatic carbocycles. The number of aliphatic hydroxyl groups is 1. The van der Waals surface area contributed by atoms with Crippen molar-refractivity contribution in [1.29, 1.82) is 0 Å². The van der Waals surface area contributed by atoms with E-state index in [-0.39, 0.29) is 0 Å². The lowest BCUT2D eigenvalue weighted by molar-refractivity contribution is 0.174. The summed E-state index contributed by atoms with van der Waals surface area (Å²) in [5, 5.41) is 13.9. The Morgan fingerprint density at radius 1 is 1.11 bits per heavy atom. The van der Waals surface area contributed by atoms with Crippen molar-refractivity contribution >= 4 is 27.5 Å². The van der Waals surface area contributed by atoms with Crippen LogP contribution >= 0.6 is 27.5 Å². The Labute approximate surface area is 126 Å². The first kappa shape index (κ1) is 14.5. The number of benzene rings is 2. The molecule has 2 rings (SSSR count). The molecule has 19 heavy (non-hydrogen) atoms. The third kappa shape index (κ3) is 4.05. The summed E-state index contributed by atoms with van der Waals surface area (Å²) in [6.07, 6.45) is -0.601. The molecule has 0 heterocycles.